The molecule has 8 heteroatoms. The molecule has 0 atom stereocenters. The van der Waals surface area contributed by atoms with Gasteiger partial charge in [0.05, 0.1) is 20.3 Å². The Balaban J connectivity index is 1.94. The standard InChI is InChI=1S/C16H25N3O5/c1-16(2,11-19-5-7-23-8-6-19)10-18(3)14(20)13-9-12(17-24-13)15(21)22-4/h9H,5-8,10-11H2,1-4H3. The molecule has 24 heavy (non-hydrogen) atoms. The molecule has 1 fully saturated rings. The third-order valence-corrected chi connectivity index (χ3v) is 3.88. The number of morpholine rings is 1. The minimum Gasteiger partial charge on any atom is -0.464 e. The molecule has 0 unspecified atom stereocenters. The molecular weight excluding hydrogens is 314 g/mol. The third-order valence-electron chi connectivity index (χ3n) is 3.88. The van der Waals surface area contributed by atoms with Crippen LogP contribution >= 0.6 is 0 Å². The summed E-state index contributed by atoms with van der Waals surface area (Å²) >= 11 is 0. The number of hydrogen-bond acceptors (Lipinski definition) is 7. The highest BCUT2D eigenvalue weighted by Crippen LogP contribution is 2.20. The van der Waals surface area contributed by atoms with Crippen molar-refractivity contribution in [2.45, 2.75) is 13.8 Å². The summed E-state index contributed by atoms with van der Waals surface area (Å²) < 4.78 is 14.9. The molecule has 0 radical (unpaired) electrons. The van der Waals surface area contributed by atoms with Gasteiger partial charge in [-0.15, -0.1) is 0 Å². The number of carbonyl (C=O) groups is 2. The van der Waals surface area contributed by atoms with Crippen LogP contribution < -0.4 is 0 Å². The lowest BCUT2D eigenvalue weighted by Crippen LogP contribution is -2.46. The van der Waals surface area contributed by atoms with E-state index in [2.05, 4.69) is 28.6 Å². The highest BCUT2D eigenvalue weighted by molar-refractivity contribution is 5.94. The van der Waals surface area contributed by atoms with Crippen LogP contribution in [0.1, 0.15) is 34.9 Å². The second kappa shape index (κ2) is 7.76. The van der Waals surface area contributed by atoms with E-state index in [1.165, 1.54) is 13.2 Å². The van der Waals surface area contributed by atoms with Crippen LogP contribution in [0.15, 0.2) is 10.6 Å². The molecule has 1 aromatic heterocycles. The van der Waals surface area contributed by atoms with Gasteiger partial charge in [-0.1, -0.05) is 19.0 Å². The van der Waals surface area contributed by atoms with Gasteiger partial charge < -0.3 is 18.9 Å². The zero-order valence-corrected chi connectivity index (χ0v) is 14.7. The van der Waals surface area contributed by atoms with Gasteiger partial charge in [-0.2, -0.15) is 0 Å². The molecule has 0 spiro atoms. The van der Waals surface area contributed by atoms with Gasteiger partial charge in [0.1, 0.15) is 0 Å². The average Bonchev–Trinajstić information content (AvgIpc) is 3.03. The SMILES string of the molecule is COC(=O)c1cc(C(=O)N(C)CC(C)(C)CN2CCOCC2)on1. The lowest BCUT2D eigenvalue weighted by atomic mass is 9.91. The van der Waals surface area contributed by atoms with Crippen molar-refractivity contribution in [3.63, 3.8) is 0 Å². The highest BCUT2D eigenvalue weighted by Gasteiger charge is 2.28. The molecule has 0 N–H and O–H groups in total. The van der Waals surface area contributed by atoms with Crippen molar-refractivity contribution in [3.05, 3.63) is 17.5 Å². The zero-order valence-electron chi connectivity index (χ0n) is 14.7. The molecule has 2 heterocycles. The predicted molar refractivity (Wildman–Crippen MR) is 85.8 cm³/mol. The Bertz CT molecular complexity index is 578. The molecule has 0 aliphatic carbocycles. The highest BCUT2D eigenvalue weighted by atomic mass is 16.5. The van der Waals surface area contributed by atoms with Crippen LogP contribution in [0.4, 0.5) is 0 Å². The minimum absolute atomic E-state index is 0.0122. The third kappa shape index (κ3) is 4.78. The molecule has 134 valence electrons. The summed E-state index contributed by atoms with van der Waals surface area (Å²) in [6.07, 6.45) is 0. The number of methoxy groups -OCH3 is 1. The molecule has 1 aliphatic rings. The summed E-state index contributed by atoms with van der Waals surface area (Å²) in [4.78, 5) is 27.8. The quantitative estimate of drug-likeness (QED) is 0.712. The van der Waals surface area contributed by atoms with Crippen molar-refractivity contribution in [3.8, 4) is 0 Å². The fourth-order valence-electron chi connectivity index (χ4n) is 2.89. The zero-order chi connectivity index (χ0) is 17.7. The topological polar surface area (TPSA) is 85.1 Å². The average molecular weight is 339 g/mol. The predicted octanol–water partition coefficient (Wildman–Crippen LogP) is 0.892. The van der Waals surface area contributed by atoms with Crippen LogP contribution in [-0.2, 0) is 9.47 Å². The number of amides is 1. The molecule has 1 aromatic rings. The first-order valence-corrected chi connectivity index (χ1v) is 7.93. The number of ether oxygens (including phenoxy) is 2. The van der Waals surface area contributed by atoms with Gasteiger partial charge in [-0.05, 0) is 5.41 Å². The summed E-state index contributed by atoms with van der Waals surface area (Å²) in [6.45, 7) is 8.98. The van der Waals surface area contributed by atoms with E-state index in [0.717, 1.165) is 32.8 Å². The fraction of sp³-hybridized carbons (Fsp3) is 0.688. The second-order valence-corrected chi connectivity index (χ2v) is 6.78. The largest absolute Gasteiger partial charge is 0.464 e. The van der Waals surface area contributed by atoms with Crippen molar-refractivity contribution in [1.82, 2.24) is 15.0 Å². The molecule has 0 saturated carbocycles. The van der Waals surface area contributed by atoms with Gasteiger partial charge in [0, 0.05) is 39.3 Å². The van der Waals surface area contributed by atoms with Crippen LogP contribution in [-0.4, -0.2) is 80.4 Å². The maximum Gasteiger partial charge on any atom is 0.360 e. The van der Waals surface area contributed by atoms with Crippen molar-refractivity contribution in [1.29, 1.82) is 0 Å². The maximum atomic E-state index is 12.4. The molecular formula is C16H25N3O5. The van der Waals surface area contributed by atoms with E-state index in [0.29, 0.717) is 6.54 Å². The van der Waals surface area contributed by atoms with Crippen LogP contribution in [0.5, 0.6) is 0 Å². The van der Waals surface area contributed by atoms with Crippen LogP contribution in [0.25, 0.3) is 0 Å². The Kier molecular flexibility index (Phi) is 5.95. The Morgan fingerprint density at radius 2 is 2.04 bits per heavy atom. The van der Waals surface area contributed by atoms with E-state index < -0.39 is 5.97 Å². The number of esters is 1. The summed E-state index contributed by atoms with van der Waals surface area (Å²) in [5.41, 5.74) is -0.103. The smallest absolute Gasteiger partial charge is 0.360 e. The minimum atomic E-state index is -0.631. The van der Waals surface area contributed by atoms with Gasteiger partial charge in [0.15, 0.2) is 5.69 Å². The number of carbonyl (C=O) groups excluding carboxylic acids is 2. The Morgan fingerprint density at radius 3 is 2.67 bits per heavy atom. The van der Waals surface area contributed by atoms with Crippen LogP contribution in [0.3, 0.4) is 0 Å². The monoisotopic (exact) mass is 339 g/mol. The first kappa shape index (κ1) is 18.4. The number of rotatable bonds is 6. The van der Waals surface area contributed by atoms with E-state index >= 15 is 0 Å². The van der Waals surface area contributed by atoms with Crippen LogP contribution in [0.2, 0.25) is 0 Å². The normalized spacial score (nSPS) is 16.0. The second-order valence-electron chi connectivity index (χ2n) is 6.78. The lowest BCUT2D eigenvalue weighted by molar-refractivity contribution is 0.0160. The molecule has 0 aromatic carbocycles. The Labute approximate surface area is 141 Å². The van der Waals surface area contributed by atoms with Gasteiger partial charge >= 0.3 is 5.97 Å². The maximum absolute atomic E-state index is 12.4. The van der Waals surface area contributed by atoms with Gasteiger partial charge in [-0.3, -0.25) is 9.69 Å². The summed E-state index contributed by atoms with van der Waals surface area (Å²) in [6, 6.07) is 1.31. The van der Waals surface area contributed by atoms with E-state index in [4.69, 9.17) is 9.26 Å². The Hall–Kier alpha value is -1.93. The van der Waals surface area contributed by atoms with Gasteiger partial charge in [-0.25, -0.2) is 4.79 Å². The summed E-state index contributed by atoms with van der Waals surface area (Å²) in [7, 11) is 2.96. The first-order chi connectivity index (χ1) is 11.3. The molecule has 8 nitrogen and oxygen atoms in total. The fourth-order valence-corrected chi connectivity index (χ4v) is 2.89. The van der Waals surface area contributed by atoms with Crippen molar-refractivity contribution >= 4 is 11.9 Å². The van der Waals surface area contributed by atoms with Crippen LogP contribution in [0, 0.1) is 5.41 Å². The lowest BCUT2D eigenvalue weighted by Gasteiger charge is -2.36. The number of nitrogens with zero attached hydrogens (tertiary/aromatic N) is 3. The molecule has 1 aliphatic heterocycles. The van der Waals surface area contributed by atoms with E-state index in [1.54, 1.807) is 11.9 Å². The summed E-state index contributed by atoms with van der Waals surface area (Å²) in [5.74, 6) is -0.916. The number of aromatic nitrogens is 1. The molecule has 0 bridgehead atoms. The first-order valence-electron chi connectivity index (χ1n) is 7.93. The number of hydrogen-bond donors (Lipinski definition) is 0. The van der Waals surface area contributed by atoms with Crippen molar-refractivity contribution in [2.75, 3.05) is 53.6 Å². The van der Waals surface area contributed by atoms with Crippen molar-refractivity contribution < 1.29 is 23.6 Å². The Morgan fingerprint density at radius 1 is 1.38 bits per heavy atom. The summed E-state index contributed by atoms with van der Waals surface area (Å²) in [5, 5.41) is 3.56. The van der Waals surface area contributed by atoms with Gasteiger partial charge in [0.25, 0.3) is 5.91 Å². The van der Waals surface area contributed by atoms with Crippen molar-refractivity contribution in [2.24, 2.45) is 5.41 Å². The van der Waals surface area contributed by atoms with E-state index in [-0.39, 0.29) is 22.8 Å². The molecule has 1 saturated heterocycles. The van der Waals surface area contributed by atoms with Gasteiger partial charge in [0.2, 0.25) is 5.76 Å². The molecule has 2 rings (SSSR count). The van der Waals surface area contributed by atoms with E-state index in [1.807, 2.05) is 0 Å². The van der Waals surface area contributed by atoms with E-state index in [9.17, 15) is 9.59 Å². The molecule has 1 amide bonds.